The SMILES string of the molecule is C=C(F)C(=O)OCCCOC(=O)c1cc(OC(=O)c2ccc3cc(C)ccc3c2)ccc1OCCCC. The van der Waals surface area contributed by atoms with Crippen LogP contribution in [-0.2, 0) is 14.3 Å². The molecule has 0 heterocycles. The van der Waals surface area contributed by atoms with Gasteiger partial charge in [0.15, 0.2) is 0 Å². The third-order valence-electron chi connectivity index (χ3n) is 5.34. The molecule has 0 radical (unpaired) electrons. The Hall–Kier alpha value is -4.20. The molecule has 7 nitrogen and oxygen atoms in total. The average molecular weight is 509 g/mol. The first kappa shape index (κ1) is 27.4. The third kappa shape index (κ3) is 7.90. The predicted molar refractivity (Wildman–Crippen MR) is 137 cm³/mol. The van der Waals surface area contributed by atoms with Crippen molar-refractivity contribution >= 4 is 28.7 Å². The number of benzene rings is 3. The maximum Gasteiger partial charge on any atom is 0.366 e. The molecule has 194 valence electrons. The molecule has 0 atom stereocenters. The van der Waals surface area contributed by atoms with E-state index in [1.54, 1.807) is 24.3 Å². The number of halogens is 1. The van der Waals surface area contributed by atoms with Gasteiger partial charge in [0.1, 0.15) is 17.1 Å². The highest BCUT2D eigenvalue weighted by atomic mass is 19.1. The summed E-state index contributed by atoms with van der Waals surface area (Å²) in [5.74, 6) is -3.19. The summed E-state index contributed by atoms with van der Waals surface area (Å²) in [6, 6.07) is 15.7. The fourth-order valence-corrected chi connectivity index (χ4v) is 3.39. The summed E-state index contributed by atoms with van der Waals surface area (Å²) in [7, 11) is 0. The molecular formula is C29H29FO7. The maximum atomic E-state index is 12.8. The Bertz CT molecular complexity index is 1300. The molecule has 0 aliphatic heterocycles. The molecule has 37 heavy (non-hydrogen) atoms. The number of hydrogen-bond acceptors (Lipinski definition) is 7. The van der Waals surface area contributed by atoms with Crippen molar-refractivity contribution in [3.8, 4) is 11.5 Å². The second-order valence-electron chi connectivity index (χ2n) is 8.35. The largest absolute Gasteiger partial charge is 0.493 e. The average Bonchev–Trinajstić information content (AvgIpc) is 2.88. The zero-order chi connectivity index (χ0) is 26.8. The number of unbranched alkanes of at least 4 members (excludes halogenated alkanes) is 1. The van der Waals surface area contributed by atoms with Crippen LogP contribution in [0.1, 0.15) is 52.5 Å². The normalized spacial score (nSPS) is 10.6. The summed E-state index contributed by atoms with van der Waals surface area (Å²) in [4.78, 5) is 36.6. The monoisotopic (exact) mass is 508 g/mol. The van der Waals surface area contributed by atoms with Gasteiger partial charge in [0.25, 0.3) is 0 Å². The van der Waals surface area contributed by atoms with Gasteiger partial charge in [-0.2, -0.15) is 4.39 Å². The van der Waals surface area contributed by atoms with Crippen LogP contribution in [0.2, 0.25) is 0 Å². The minimum absolute atomic E-state index is 0.0835. The van der Waals surface area contributed by atoms with E-state index in [1.807, 2.05) is 38.1 Å². The molecule has 3 aromatic carbocycles. The van der Waals surface area contributed by atoms with Gasteiger partial charge in [-0.1, -0.05) is 49.8 Å². The summed E-state index contributed by atoms with van der Waals surface area (Å²) in [6.07, 6.45) is 1.86. The first-order valence-corrected chi connectivity index (χ1v) is 12.0. The summed E-state index contributed by atoms with van der Waals surface area (Å²) in [5.41, 5.74) is 1.58. The third-order valence-corrected chi connectivity index (χ3v) is 5.34. The quantitative estimate of drug-likeness (QED) is 0.126. The zero-order valence-corrected chi connectivity index (χ0v) is 20.9. The molecule has 3 aromatic rings. The molecule has 0 aliphatic carbocycles. The summed E-state index contributed by atoms with van der Waals surface area (Å²) in [6.45, 7) is 7.04. The van der Waals surface area contributed by atoms with Crippen LogP contribution >= 0.6 is 0 Å². The van der Waals surface area contributed by atoms with Crippen LogP contribution in [0.3, 0.4) is 0 Å². The van der Waals surface area contributed by atoms with Crippen molar-refractivity contribution in [3.63, 3.8) is 0 Å². The second kappa shape index (κ2) is 13.2. The summed E-state index contributed by atoms with van der Waals surface area (Å²) >= 11 is 0. The number of carbonyl (C=O) groups is 3. The van der Waals surface area contributed by atoms with E-state index in [-0.39, 0.29) is 30.9 Å². The van der Waals surface area contributed by atoms with E-state index < -0.39 is 23.7 Å². The maximum absolute atomic E-state index is 12.8. The predicted octanol–water partition coefficient (Wildman–Crippen LogP) is 6.12. The number of hydrogen-bond donors (Lipinski definition) is 0. The van der Waals surface area contributed by atoms with Crippen molar-refractivity contribution in [1.82, 2.24) is 0 Å². The Morgan fingerprint density at radius 3 is 2.32 bits per heavy atom. The minimum Gasteiger partial charge on any atom is -0.493 e. The second-order valence-corrected chi connectivity index (χ2v) is 8.35. The number of ether oxygens (including phenoxy) is 4. The topological polar surface area (TPSA) is 88.1 Å². The Morgan fingerprint density at radius 2 is 1.57 bits per heavy atom. The molecule has 0 spiro atoms. The standard InChI is InChI=1S/C29H29FO7/c1-4-5-13-34-26-12-11-24(18-25(26)29(33)36-15-6-14-35-27(31)20(3)30)37-28(32)23-10-9-21-16-19(2)7-8-22(21)17-23/h7-12,16-18H,3-6,13-15H2,1-2H3. The van der Waals surface area contributed by atoms with Crippen LogP contribution in [0, 0.1) is 6.92 Å². The Labute approximate surface area is 214 Å². The molecule has 0 saturated heterocycles. The van der Waals surface area contributed by atoms with Gasteiger partial charge in [0.2, 0.25) is 5.83 Å². The number of rotatable bonds is 12. The van der Waals surface area contributed by atoms with Crippen LogP contribution in [0.25, 0.3) is 10.8 Å². The van der Waals surface area contributed by atoms with Crippen LogP contribution in [0.15, 0.2) is 67.0 Å². The van der Waals surface area contributed by atoms with E-state index in [1.165, 1.54) is 6.07 Å². The van der Waals surface area contributed by atoms with Crippen molar-refractivity contribution in [1.29, 1.82) is 0 Å². The van der Waals surface area contributed by atoms with Gasteiger partial charge in [-0.25, -0.2) is 14.4 Å². The van der Waals surface area contributed by atoms with Gasteiger partial charge < -0.3 is 18.9 Å². The highest BCUT2D eigenvalue weighted by Crippen LogP contribution is 2.27. The Morgan fingerprint density at radius 1 is 0.838 bits per heavy atom. The van der Waals surface area contributed by atoms with Crippen LogP contribution in [0.4, 0.5) is 4.39 Å². The van der Waals surface area contributed by atoms with Gasteiger partial charge in [0, 0.05) is 6.42 Å². The first-order chi connectivity index (χ1) is 17.8. The molecule has 8 heteroatoms. The highest BCUT2D eigenvalue weighted by Gasteiger charge is 2.18. The van der Waals surface area contributed by atoms with E-state index >= 15 is 0 Å². The lowest BCUT2D eigenvalue weighted by Crippen LogP contribution is -2.13. The van der Waals surface area contributed by atoms with Gasteiger partial charge in [-0.3, -0.25) is 0 Å². The van der Waals surface area contributed by atoms with Gasteiger partial charge in [-0.15, -0.1) is 0 Å². The minimum atomic E-state index is -1.20. The van der Waals surface area contributed by atoms with Gasteiger partial charge in [-0.05, 0) is 54.4 Å². The van der Waals surface area contributed by atoms with E-state index in [9.17, 15) is 18.8 Å². The molecule has 0 fully saturated rings. The molecule has 0 aromatic heterocycles. The van der Waals surface area contributed by atoms with Crippen molar-refractivity contribution in [2.24, 2.45) is 0 Å². The zero-order valence-electron chi connectivity index (χ0n) is 20.9. The summed E-state index contributed by atoms with van der Waals surface area (Å²) < 4.78 is 33.8. The lowest BCUT2D eigenvalue weighted by molar-refractivity contribution is -0.140. The van der Waals surface area contributed by atoms with E-state index in [4.69, 9.17) is 14.2 Å². The lowest BCUT2D eigenvalue weighted by Gasteiger charge is -2.13. The van der Waals surface area contributed by atoms with E-state index in [0.29, 0.717) is 17.9 Å². The van der Waals surface area contributed by atoms with E-state index in [2.05, 4.69) is 11.3 Å². The van der Waals surface area contributed by atoms with Crippen molar-refractivity contribution < 1.29 is 37.7 Å². The molecule has 0 saturated carbocycles. The van der Waals surface area contributed by atoms with Crippen LogP contribution < -0.4 is 9.47 Å². The molecule has 0 unspecified atom stereocenters. The number of carbonyl (C=O) groups excluding carboxylic acids is 3. The Balaban J connectivity index is 1.70. The first-order valence-electron chi connectivity index (χ1n) is 12.0. The van der Waals surface area contributed by atoms with Crippen molar-refractivity contribution in [2.45, 2.75) is 33.1 Å². The Kier molecular flexibility index (Phi) is 9.77. The number of esters is 3. The highest BCUT2D eigenvalue weighted by molar-refractivity contribution is 5.97. The molecule has 0 N–H and O–H groups in total. The van der Waals surface area contributed by atoms with E-state index in [0.717, 1.165) is 29.2 Å². The number of aryl methyl sites for hydroxylation is 1. The molecule has 0 amide bonds. The molecule has 0 bridgehead atoms. The number of fused-ring (bicyclic) bond motifs is 1. The van der Waals surface area contributed by atoms with Crippen molar-refractivity contribution in [2.75, 3.05) is 19.8 Å². The van der Waals surface area contributed by atoms with Gasteiger partial charge in [0.05, 0.1) is 25.4 Å². The van der Waals surface area contributed by atoms with Gasteiger partial charge >= 0.3 is 17.9 Å². The summed E-state index contributed by atoms with van der Waals surface area (Å²) in [5, 5.41) is 1.92. The van der Waals surface area contributed by atoms with Crippen LogP contribution in [-0.4, -0.2) is 37.7 Å². The fourth-order valence-electron chi connectivity index (χ4n) is 3.39. The molecular weight excluding hydrogens is 479 g/mol. The lowest BCUT2D eigenvalue weighted by atomic mass is 10.0. The molecule has 3 rings (SSSR count). The van der Waals surface area contributed by atoms with Crippen molar-refractivity contribution in [3.05, 3.63) is 83.7 Å². The molecule has 0 aliphatic rings. The van der Waals surface area contributed by atoms with Crippen LogP contribution in [0.5, 0.6) is 11.5 Å². The fraction of sp³-hybridized carbons (Fsp3) is 0.276. The smallest absolute Gasteiger partial charge is 0.366 e.